The number of amides is 1. The van der Waals surface area contributed by atoms with Crippen molar-refractivity contribution in [3.05, 3.63) is 59.7 Å². The van der Waals surface area contributed by atoms with E-state index in [1.54, 1.807) is 0 Å². The maximum atomic E-state index is 13.4. The molecule has 152 valence electrons. The second kappa shape index (κ2) is 8.48. The van der Waals surface area contributed by atoms with Crippen LogP contribution in [-0.4, -0.2) is 30.0 Å². The van der Waals surface area contributed by atoms with E-state index in [0.29, 0.717) is 17.9 Å². The number of hydrogen-bond acceptors (Lipinski definition) is 3. The van der Waals surface area contributed by atoms with Crippen LogP contribution in [0.5, 0.6) is 0 Å². The van der Waals surface area contributed by atoms with Crippen LogP contribution in [0.1, 0.15) is 56.6 Å². The van der Waals surface area contributed by atoms with Crippen molar-refractivity contribution < 1.29 is 4.79 Å². The lowest BCUT2D eigenvalue weighted by Crippen LogP contribution is -2.41. The molecule has 4 rings (SSSR count). The fourth-order valence-electron chi connectivity index (χ4n) is 4.86. The van der Waals surface area contributed by atoms with Crippen molar-refractivity contribution in [3.63, 3.8) is 0 Å². The molecule has 1 fully saturated rings. The molecule has 1 amide bonds. The minimum Gasteiger partial charge on any atom is -0.294 e. The molecule has 1 unspecified atom stereocenters. The van der Waals surface area contributed by atoms with Crippen LogP contribution in [-0.2, 0) is 11.3 Å². The van der Waals surface area contributed by atoms with E-state index in [1.807, 2.05) is 41.3 Å². The normalized spacial score (nSPS) is 18.5. The van der Waals surface area contributed by atoms with Crippen LogP contribution in [0.3, 0.4) is 0 Å². The molecule has 0 radical (unpaired) electrons. The van der Waals surface area contributed by atoms with Gasteiger partial charge in [-0.15, -0.1) is 0 Å². The van der Waals surface area contributed by atoms with Gasteiger partial charge in [0, 0.05) is 0 Å². The zero-order chi connectivity index (χ0) is 21.1. The number of nitriles is 1. The first-order chi connectivity index (χ1) is 14.6. The van der Waals surface area contributed by atoms with Crippen LogP contribution >= 0.6 is 0 Å². The largest absolute Gasteiger partial charge is 0.294 e. The molecule has 0 bridgehead atoms. The molecule has 1 saturated carbocycles. The second-order valence-electron chi connectivity index (χ2n) is 8.64. The minimum absolute atomic E-state index is 0.192. The molecule has 4 nitrogen and oxygen atoms in total. The van der Waals surface area contributed by atoms with Gasteiger partial charge in [0.1, 0.15) is 19.2 Å². The number of hydrogen-bond donors (Lipinski definition) is 0. The highest BCUT2D eigenvalue weighted by molar-refractivity contribution is 6.28. The van der Waals surface area contributed by atoms with Gasteiger partial charge in [-0.25, -0.2) is 0 Å². The Bertz CT molecular complexity index is 1000. The van der Waals surface area contributed by atoms with Gasteiger partial charge in [0.15, 0.2) is 0 Å². The Kier molecular flexibility index (Phi) is 5.77. The fraction of sp³-hybridized carbons (Fsp3) is 0.400. The summed E-state index contributed by atoms with van der Waals surface area (Å²) in [5.41, 5.74) is 3.22. The Hall–Kier alpha value is -2.87. The van der Waals surface area contributed by atoms with E-state index in [0.717, 1.165) is 61.1 Å². The first-order valence-corrected chi connectivity index (χ1v) is 11.1. The monoisotopic (exact) mass is 397 g/mol. The van der Waals surface area contributed by atoms with Gasteiger partial charge in [0.25, 0.3) is 5.91 Å². The summed E-state index contributed by atoms with van der Waals surface area (Å²) in [5.74, 6) is 1.46. The number of carbonyl (C=O) groups excluding carboxylic acids is 1. The van der Waals surface area contributed by atoms with Crippen molar-refractivity contribution in [3.8, 4) is 17.2 Å². The van der Waals surface area contributed by atoms with E-state index in [4.69, 9.17) is 4.99 Å². The van der Waals surface area contributed by atoms with Gasteiger partial charge in [-0.05, 0) is 41.4 Å². The molecule has 1 spiro atoms. The van der Waals surface area contributed by atoms with Crippen LogP contribution in [0.4, 0.5) is 0 Å². The molecule has 1 aliphatic heterocycles. The Morgan fingerprint density at radius 3 is 2.53 bits per heavy atom. The Morgan fingerprint density at radius 1 is 1.17 bits per heavy atom. The van der Waals surface area contributed by atoms with Crippen LogP contribution in [0.2, 0.25) is 5.82 Å². The quantitative estimate of drug-likeness (QED) is 0.674. The number of aliphatic imine (C=N–C) groups is 1. The van der Waals surface area contributed by atoms with Gasteiger partial charge in [0.05, 0.1) is 18.2 Å². The first kappa shape index (κ1) is 20.4. The van der Waals surface area contributed by atoms with E-state index in [-0.39, 0.29) is 5.91 Å². The average molecular weight is 397 g/mol. The molecule has 0 N–H and O–H groups in total. The number of rotatable bonds is 6. The molecule has 0 aromatic heterocycles. The van der Waals surface area contributed by atoms with E-state index in [9.17, 15) is 10.1 Å². The molecule has 1 aliphatic carbocycles. The van der Waals surface area contributed by atoms with Gasteiger partial charge in [0.2, 0.25) is 0 Å². The maximum absolute atomic E-state index is 13.4. The van der Waals surface area contributed by atoms with E-state index in [2.05, 4.69) is 33.0 Å². The van der Waals surface area contributed by atoms with Crippen LogP contribution in [0, 0.1) is 11.3 Å². The lowest BCUT2D eigenvalue weighted by molar-refractivity contribution is -0.131. The topological polar surface area (TPSA) is 56.5 Å². The predicted octanol–water partition coefficient (Wildman–Crippen LogP) is 4.50. The molecular weight excluding hydrogens is 369 g/mol. The molecule has 1 heterocycles. The molecule has 2 aromatic carbocycles. The van der Waals surface area contributed by atoms with Crippen LogP contribution in [0.25, 0.3) is 11.1 Å². The minimum atomic E-state index is -0.497. The Balaban J connectivity index is 1.59. The van der Waals surface area contributed by atoms with Crippen LogP contribution in [0.15, 0.2) is 53.5 Å². The highest BCUT2D eigenvalue weighted by atomic mass is 16.2. The summed E-state index contributed by atoms with van der Waals surface area (Å²) in [6, 6.07) is 18.1. The van der Waals surface area contributed by atoms with Crippen molar-refractivity contribution in [1.82, 2.24) is 4.90 Å². The summed E-state index contributed by atoms with van der Waals surface area (Å²) < 4.78 is 0. The summed E-state index contributed by atoms with van der Waals surface area (Å²) in [7, 11) is 2.19. The van der Waals surface area contributed by atoms with Gasteiger partial charge in [-0.3, -0.25) is 14.7 Å². The third kappa shape index (κ3) is 3.67. The molecule has 30 heavy (non-hydrogen) atoms. The van der Waals surface area contributed by atoms with Crippen molar-refractivity contribution in [1.29, 1.82) is 5.26 Å². The third-order valence-electron chi connectivity index (χ3n) is 6.49. The Morgan fingerprint density at radius 2 is 1.87 bits per heavy atom. The summed E-state index contributed by atoms with van der Waals surface area (Å²) in [4.78, 5) is 20.4. The van der Waals surface area contributed by atoms with Crippen molar-refractivity contribution >= 4 is 19.6 Å². The SMILES string of the molecule is BC(CCC)C1=NC2(CCCC2)C(=O)N1Cc1ccc(-c2ccccc2C#N)cc1. The molecule has 1 atom stereocenters. The highest BCUT2D eigenvalue weighted by Gasteiger charge is 2.50. The summed E-state index contributed by atoms with van der Waals surface area (Å²) in [5, 5.41) is 9.37. The molecule has 2 aliphatic rings. The third-order valence-corrected chi connectivity index (χ3v) is 6.49. The number of benzene rings is 2. The summed E-state index contributed by atoms with van der Waals surface area (Å²) >= 11 is 0. The summed E-state index contributed by atoms with van der Waals surface area (Å²) in [6.45, 7) is 2.75. The van der Waals surface area contributed by atoms with Gasteiger partial charge < -0.3 is 0 Å². The van der Waals surface area contributed by atoms with Crippen LogP contribution < -0.4 is 0 Å². The maximum Gasteiger partial charge on any atom is 0.256 e. The lowest BCUT2D eigenvalue weighted by Gasteiger charge is -2.25. The number of amidine groups is 1. The van der Waals surface area contributed by atoms with Gasteiger partial charge in [-0.2, -0.15) is 5.26 Å². The zero-order valence-electron chi connectivity index (χ0n) is 17.9. The molecular formula is C25H28BN3O. The standard InChI is InChI=1S/C25H28BN3O/c1-2-7-22(26)23-28-25(14-5-6-15-25)24(30)29(23)17-18-10-12-19(13-11-18)21-9-4-3-8-20(21)16-27/h3-4,8-13,22H,2,5-7,14-15,17,26H2,1H3. The summed E-state index contributed by atoms with van der Waals surface area (Å²) in [6.07, 6.45) is 6.07. The van der Waals surface area contributed by atoms with Crippen molar-refractivity contribution in [2.24, 2.45) is 4.99 Å². The fourth-order valence-corrected chi connectivity index (χ4v) is 4.86. The van der Waals surface area contributed by atoms with Crippen molar-refractivity contribution in [2.45, 2.75) is 63.3 Å². The predicted molar refractivity (Wildman–Crippen MR) is 123 cm³/mol. The number of carbonyl (C=O) groups is 1. The van der Waals surface area contributed by atoms with E-state index in [1.165, 1.54) is 0 Å². The van der Waals surface area contributed by atoms with Crippen molar-refractivity contribution in [2.75, 3.05) is 0 Å². The zero-order valence-corrected chi connectivity index (χ0v) is 17.9. The highest BCUT2D eigenvalue weighted by Crippen LogP contribution is 2.41. The first-order valence-electron chi connectivity index (χ1n) is 11.1. The molecule has 2 aromatic rings. The Labute approximate surface area is 180 Å². The van der Waals surface area contributed by atoms with Gasteiger partial charge in [-0.1, -0.05) is 75.1 Å². The van der Waals surface area contributed by atoms with Gasteiger partial charge >= 0.3 is 0 Å². The van der Waals surface area contributed by atoms with E-state index >= 15 is 0 Å². The second-order valence-corrected chi connectivity index (χ2v) is 8.64. The molecule has 5 heteroatoms. The number of nitrogens with zero attached hydrogens (tertiary/aromatic N) is 3. The molecule has 0 saturated heterocycles. The van der Waals surface area contributed by atoms with E-state index < -0.39 is 5.54 Å². The average Bonchev–Trinajstić information content (AvgIpc) is 3.35. The smallest absolute Gasteiger partial charge is 0.256 e. The lowest BCUT2D eigenvalue weighted by atomic mass is 9.82.